The zero-order valence-corrected chi connectivity index (χ0v) is 17.2. The summed E-state index contributed by atoms with van der Waals surface area (Å²) in [6, 6.07) is 3.73. The molecule has 0 spiro atoms. The van der Waals surface area contributed by atoms with Crippen LogP contribution in [0.3, 0.4) is 0 Å². The van der Waals surface area contributed by atoms with Gasteiger partial charge in [-0.15, -0.1) is 0 Å². The molecule has 0 saturated heterocycles. The minimum absolute atomic E-state index is 0.0622. The van der Waals surface area contributed by atoms with Gasteiger partial charge in [-0.05, 0) is 34.4 Å². The van der Waals surface area contributed by atoms with E-state index >= 15 is 0 Å². The predicted molar refractivity (Wildman–Crippen MR) is 96.4 cm³/mol. The average molecular weight is 392 g/mol. The highest BCUT2D eigenvalue weighted by Gasteiger charge is 2.27. The Labute approximate surface area is 151 Å². The van der Waals surface area contributed by atoms with Gasteiger partial charge in [0.2, 0.25) is 0 Å². The van der Waals surface area contributed by atoms with Gasteiger partial charge in [-0.3, -0.25) is 4.18 Å². The molecule has 144 valence electrons. The SMILES string of the molecule is CC(C)c1cc(C(C)C)c(S(=O)(=O)OCCS(=O)(=O)[O-])c(C(C)C)c1. The van der Waals surface area contributed by atoms with Crippen LogP contribution in [0, 0.1) is 0 Å². The minimum Gasteiger partial charge on any atom is -0.748 e. The topological polar surface area (TPSA) is 101 Å². The van der Waals surface area contributed by atoms with Crippen LogP contribution in [0.2, 0.25) is 0 Å². The fourth-order valence-corrected chi connectivity index (χ4v) is 4.46. The van der Waals surface area contributed by atoms with Crippen LogP contribution < -0.4 is 0 Å². The Bertz CT molecular complexity index is 777. The Kier molecular flexibility index (Phi) is 7.21. The molecule has 1 aromatic rings. The Morgan fingerprint density at radius 2 is 1.32 bits per heavy atom. The molecule has 0 unspecified atom stereocenters. The predicted octanol–water partition coefficient (Wildman–Crippen LogP) is 3.31. The molecule has 0 N–H and O–H groups in total. The monoisotopic (exact) mass is 391 g/mol. The maximum absolute atomic E-state index is 12.7. The second-order valence-electron chi connectivity index (χ2n) is 7.03. The van der Waals surface area contributed by atoms with Crippen LogP contribution >= 0.6 is 0 Å². The maximum Gasteiger partial charge on any atom is 0.297 e. The van der Waals surface area contributed by atoms with E-state index in [0.29, 0.717) is 11.1 Å². The van der Waals surface area contributed by atoms with Crippen molar-refractivity contribution in [2.75, 3.05) is 12.4 Å². The van der Waals surface area contributed by atoms with E-state index in [1.165, 1.54) is 0 Å². The van der Waals surface area contributed by atoms with Gasteiger partial charge in [-0.1, -0.05) is 53.7 Å². The van der Waals surface area contributed by atoms with Crippen molar-refractivity contribution in [1.82, 2.24) is 0 Å². The fourth-order valence-electron chi connectivity index (χ4n) is 2.48. The van der Waals surface area contributed by atoms with Crippen molar-refractivity contribution in [2.24, 2.45) is 0 Å². The third kappa shape index (κ3) is 6.06. The number of hydrogen-bond acceptors (Lipinski definition) is 6. The highest BCUT2D eigenvalue weighted by Crippen LogP contribution is 2.35. The Hall–Kier alpha value is -0.960. The summed E-state index contributed by atoms with van der Waals surface area (Å²) in [6.45, 7) is 11.0. The Morgan fingerprint density at radius 1 is 0.880 bits per heavy atom. The van der Waals surface area contributed by atoms with Gasteiger partial charge in [-0.25, -0.2) is 8.42 Å². The molecule has 0 atom stereocenters. The van der Waals surface area contributed by atoms with E-state index in [1.54, 1.807) is 0 Å². The van der Waals surface area contributed by atoms with Crippen molar-refractivity contribution in [3.05, 3.63) is 28.8 Å². The average Bonchev–Trinajstić information content (AvgIpc) is 2.43. The highest BCUT2D eigenvalue weighted by molar-refractivity contribution is 7.87. The second kappa shape index (κ2) is 8.16. The lowest BCUT2D eigenvalue weighted by molar-refractivity contribution is 0.332. The van der Waals surface area contributed by atoms with Crippen LogP contribution in [-0.2, 0) is 24.4 Å². The van der Waals surface area contributed by atoms with Crippen molar-refractivity contribution >= 4 is 20.2 Å². The summed E-state index contributed by atoms with van der Waals surface area (Å²) in [4.78, 5) is 0.0881. The standard InChI is InChI=1S/C17H28O6S2/c1-11(2)14-9-15(12(3)4)17(16(10-14)13(5)6)25(21,22)23-7-8-24(18,19)20/h9-13H,7-8H2,1-6H3,(H,18,19,20)/p-1. The molecule has 25 heavy (non-hydrogen) atoms. The molecule has 0 fully saturated rings. The molecular weight excluding hydrogens is 364 g/mol. The first-order valence-electron chi connectivity index (χ1n) is 8.27. The van der Waals surface area contributed by atoms with Crippen molar-refractivity contribution in [3.63, 3.8) is 0 Å². The van der Waals surface area contributed by atoms with E-state index in [-0.39, 0.29) is 22.6 Å². The van der Waals surface area contributed by atoms with Crippen LogP contribution in [0.1, 0.15) is 76.0 Å². The van der Waals surface area contributed by atoms with Gasteiger partial charge in [0.25, 0.3) is 10.1 Å². The van der Waals surface area contributed by atoms with Crippen molar-refractivity contribution in [3.8, 4) is 0 Å². The fraction of sp³-hybridized carbons (Fsp3) is 0.647. The van der Waals surface area contributed by atoms with Crippen molar-refractivity contribution < 1.29 is 25.6 Å². The van der Waals surface area contributed by atoms with Crippen molar-refractivity contribution in [1.29, 1.82) is 0 Å². The molecule has 0 radical (unpaired) electrons. The summed E-state index contributed by atoms with van der Waals surface area (Å²) < 4.78 is 62.4. The van der Waals surface area contributed by atoms with E-state index in [4.69, 9.17) is 4.18 Å². The van der Waals surface area contributed by atoms with Crippen LogP contribution in [-0.4, -0.2) is 33.7 Å². The summed E-state index contributed by atoms with van der Waals surface area (Å²) in [7, 11) is -8.72. The van der Waals surface area contributed by atoms with Gasteiger partial charge in [0.15, 0.2) is 0 Å². The zero-order valence-electron chi connectivity index (χ0n) is 15.6. The summed E-state index contributed by atoms with van der Waals surface area (Å²) in [6.07, 6.45) is 0. The van der Waals surface area contributed by atoms with Crippen molar-refractivity contribution in [2.45, 2.75) is 64.2 Å². The first-order valence-corrected chi connectivity index (χ1v) is 11.3. The molecule has 6 nitrogen and oxygen atoms in total. The highest BCUT2D eigenvalue weighted by atomic mass is 32.2. The van der Waals surface area contributed by atoms with E-state index in [2.05, 4.69) is 0 Å². The van der Waals surface area contributed by atoms with Gasteiger partial charge >= 0.3 is 0 Å². The van der Waals surface area contributed by atoms with E-state index in [9.17, 15) is 21.4 Å². The quantitative estimate of drug-likeness (QED) is 0.498. The summed E-state index contributed by atoms with van der Waals surface area (Å²) in [5, 5.41) is 0. The molecule has 0 aliphatic heterocycles. The first kappa shape index (κ1) is 22.1. The normalized spacial score (nSPS) is 13.2. The molecule has 0 aromatic heterocycles. The molecule has 0 aliphatic rings. The van der Waals surface area contributed by atoms with Crippen LogP contribution in [0.4, 0.5) is 0 Å². The molecule has 0 bridgehead atoms. The maximum atomic E-state index is 12.7. The lowest BCUT2D eigenvalue weighted by Crippen LogP contribution is -2.19. The molecule has 1 aromatic carbocycles. The molecule has 0 aliphatic carbocycles. The summed E-state index contributed by atoms with van der Waals surface area (Å²) in [5.74, 6) is -0.774. The zero-order chi connectivity index (χ0) is 19.6. The van der Waals surface area contributed by atoms with E-state index < -0.39 is 32.6 Å². The smallest absolute Gasteiger partial charge is 0.297 e. The van der Waals surface area contributed by atoms with Gasteiger partial charge < -0.3 is 4.55 Å². The first-order chi connectivity index (χ1) is 11.3. The number of benzene rings is 1. The lowest BCUT2D eigenvalue weighted by Gasteiger charge is -2.22. The largest absolute Gasteiger partial charge is 0.748 e. The summed E-state index contributed by atoms with van der Waals surface area (Å²) in [5.41, 5.74) is 2.31. The van der Waals surface area contributed by atoms with Crippen LogP contribution in [0.5, 0.6) is 0 Å². The Balaban J connectivity index is 3.49. The molecular formula is C17H27O6S2-. The number of hydrogen-bond donors (Lipinski definition) is 0. The Morgan fingerprint density at radius 3 is 1.64 bits per heavy atom. The molecule has 1 rings (SSSR count). The van der Waals surface area contributed by atoms with Crippen LogP contribution in [0.25, 0.3) is 0 Å². The number of rotatable bonds is 8. The molecule has 0 heterocycles. The molecule has 0 amide bonds. The van der Waals surface area contributed by atoms with Gasteiger partial charge in [0, 0.05) is 0 Å². The van der Waals surface area contributed by atoms with Gasteiger partial charge in [-0.2, -0.15) is 8.42 Å². The lowest BCUT2D eigenvalue weighted by atomic mass is 9.89. The van der Waals surface area contributed by atoms with Gasteiger partial charge in [0.05, 0.1) is 22.5 Å². The molecule has 8 heteroatoms. The summed E-state index contributed by atoms with van der Waals surface area (Å²) >= 11 is 0. The third-order valence-corrected chi connectivity index (χ3v) is 6.02. The van der Waals surface area contributed by atoms with E-state index in [0.717, 1.165) is 5.56 Å². The second-order valence-corrected chi connectivity index (χ2v) is 10.1. The third-order valence-electron chi connectivity index (χ3n) is 3.90. The van der Waals surface area contributed by atoms with Crippen LogP contribution in [0.15, 0.2) is 17.0 Å². The minimum atomic E-state index is -4.54. The van der Waals surface area contributed by atoms with Gasteiger partial charge in [0.1, 0.15) is 4.90 Å². The molecule has 0 saturated carbocycles. The van der Waals surface area contributed by atoms with E-state index in [1.807, 2.05) is 53.7 Å².